The van der Waals surface area contributed by atoms with E-state index in [-0.39, 0.29) is 11.5 Å². The molecule has 3 heteroatoms. The second kappa shape index (κ2) is 3.68. The number of aldehydes is 1. The van der Waals surface area contributed by atoms with Gasteiger partial charge >= 0.3 is 0 Å². The lowest BCUT2D eigenvalue weighted by Gasteiger charge is -2.29. The van der Waals surface area contributed by atoms with Crippen molar-refractivity contribution in [2.45, 2.75) is 32.7 Å². The normalized spacial score (nSPS) is 14.8. The van der Waals surface area contributed by atoms with Crippen LogP contribution >= 0.6 is 0 Å². The highest BCUT2D eigenvalue weighted by molar-refractivity contribution is 5.49. The summed E-state index contributed by atoms with van der Waals surface area (Å²) in [5, 5.41) is 0. The molecule has 3 nitrogen and oxygen atoms in total. The van der Waals surface area contributed by atoms with Crippen LogP contribution in [0.5, 0.6) is 0 Å². The number of nitrogens with two attached hydrogens (primary N) is 1. The van der Waals surface area contributed by atoms with E-state index >= 15 is 0 Å². The van der Waals surface area contributed by atoms with E-state index in [0.29, 0.717) is 6.42 Å². The molecule has 0 saturated carbocycles. The highest BCUT2D eigenvalue weighted by atomic mass is 16.1. The lowest BCUT2D eigenvalue weighted by molar-refractivity contribution is -0.109. The Balaban J connectivity index is 3.89. The molecule has 0 aliphatic carbocycles. The lowest BCUT2D eigenvalue weighted by Crippen LogP contribution is -2.49. The van der Waals surface area contributed by atoms with Crippen molar-refractivity contribution in [3.05, 3.63) is 0 Å². The van der Waals surface area contributed by atoms with E-state index in [1.165, 1.54) is 0 Å². The highest BCUT2D eigenvalue weighted by Gasteiger charge is 2.23. The molecule has 0 aromatic carbocycles. The van der Waals surface area contributed by atoms with Gasteiger partial charge in [-0.1, -0.05) is 6.92 Å². The fourth-order valence-electron chi connectivity index (χ4n) is 0.581. The summed E-state index contributed by atoms with van der Waals surface area (Å²) in [6.45, 7) is 5.94. The van der Waals surface area contributed by atoms with Crippen LogP contribution in [-0.2, 0) is 4.79 Å². The molecule has 0 amide bonds. The Bertz CT molecular complexity index is 112. The zero-order chi connectivity index (χ0) is 8.20. The largest absolute Gasteiger partial charge is 0.303 e. The van der Waals surface area contributed by atoms with E-state index in [4.69, 9.17) is 5.84 Å². The predicted molar refractivity (Wildman–Crippen MR) is 41.2 cm³/mol. The third-order valence-electron chi connectivity index (χ3n) is 2.05. The van der Waals surface area contributed by atoms with Crippen molar-refractivity contribution in [2.24, 2.45) is 11.8 Å². The predicted octanol–water partition coefficient (Wildman–Crippen LogP) is 0.453. The van der Waals surface area contributed by atoms with Crippen molar-refractivity contribution in [1.29, 1.82) is 0 Å². The Morgan fingerprint density at radius 3 is 2.50 bits per heavy atom. The van der Waals surface area contributed by atoms with Gasteiger partial charge in [-0.15, -0.1) is 0 Å². The smallest absolute Gasteiger partial charge is 0.120 e. The number of carbonyl (C=O) groups excluding carboxylic acids is 1. The maximum Gasteiger partial charge on any atom is 0.120 e. The first-order valence-electron chi connectivity index (χ1n) is 3.46. The molecule has 0 aliphatic rings. The number of nitrogens with one attached hydrogen (secondary N) is 1. The monoisotopic (exact) mass is 144 g/mol. The van der Waals surface area contributed by atoms with Crippen molar-refractivity contribution >= 4 is 6.29 Å². The van der Waals surface area contributed by atoms with Crippen LogP contribution in [0.4, 0.5) is 0 Å². The Labute approximate surface area is 62.0 Å². The average molecular weight is 144 g/mol. The number of hydrogen-bond acceptors (Lipinski definition) is 3. The van der Waals surface area contributed by atoms with E-state index < -0.39 is 0 Å². The number of hydrogen-bond donors (Lipinski definition) is 2. The fraction of sp³-hybridized carbons (Fsp3) is 0.857. The molecule has 3 N–H and O–H groups in total. The van der Waals surface area contributed by atoms with E-state index in [0.717, 1.165) is 6.29 Å². The zero-order valence-corrected chi connectivity index (χ0v) is 6.85. The van der Waals surface area contributed by atoms with Gasteiger partial charge in [0.15, 0.2) is 0 Å². The second-order valence-corrected chi connectivity index (χ2v) is 3.17. The van der Waals surface area contributed by atoms with Gasteiger partial charge in [0, 0.05) is 12.0 Å². The van der Waals surface area contributed by atoms with Crippen LogP contribution < -0.4 is 11.3 Å². The van der Waals surface area contributed by atoms with Gasteiger partial charge in [0.25, 0.3) is 0 Å². The first kappa shape index (κ1) is 9.59. The molecule has 0 heterocycles. The Kier molecular flexibility index (Phi) is 3.53. The van der Waals surface area contributed by atoms with Crippen molar-refractivity contribution in [2.75, 3.05) is 0 Å². The summed E-state index contributed by atoms with van der Waals surface area (Å²) in [6.07, 6.45) is 1.47. The molecule has 1 atom stereocenters. The summed E-state index contributed by atoms with van der Waals surface area (Å²) in [4.78, 5) is 10.1. The van der Waals surface area contributed by atoms with E-state index in [1.807, 2.05) is 20.8 Å². The molecule has 0 unspecified atom stereocenters. The Morgan fingerprint density at radius 1 is 1.70 bits per heavy atom. The quantitative estimate of drug-likeness (QED) is 0.342. The van der Waals surface area contributed by atoms with Crippen molar-refractivity contribution < 1.29 is 4.79 Å². The van der Waals surface area contributed by atoms with Gasteiger partial charge in [-0.25, -0.2) is 0 Å². The van der Waals surface area contributed by atoms with Crippen LogP contribution in [0.3, 0.4) is 0 Å². The molecule has 0 aromatic heterocycles. The van der Waals surface area contributed by atoms with Crippen LogP contribution in [0.25, 0.3) is 0 Å². The van der Waals surface area contributed by atoms with Crippen LogP contribution in [0.15, 0.2) is 0 Å². The highest BCUT2D eigenvalue weighted by Crippen LogP contribution is 2.16. The zero-order valence-electron chi connectivity index (χ0n) is 6.85. The summed E-state index contributed by atoms with van der Waals surface area (Å²) in [7, 11) is 0. The minimum absolute atomic E-state index is 0.152. The summed E-state index contributed by atoms with van der Waals surface area (Å²) >= 11 is 0. The van der Waals surface area contributed by atoms with Gasteiger partial charge in [0.1, 0.15) is 6.29 Å². The molecule has 0 fully saturated rings. The molecule has 60 valence electrons. The van der Waals surface area contributed by atoms with Gasteiger partial charge in [0.2, 0.25) is 0 Å². The van der Waals surface area contributed by atoms with Gasteiger partial charge in [0.05, 0.1) is 0 Å². The second-order valence-electron chi connectivity index (χ2n) is 3.17. The maximum atomic E-state index is 10.1. The van der Waals surface area contributed by atoms with E-state index in [2.05, 4.69) is 5.43 Å². The van der Waals surface area contributed by atoms with Crippen molar-refractivity contribution in [3.63, 3.8) is 0 Å². The Morgan fingerprint density at radius 2 is 2.20 bits per heavy atom. The fourth-order valence-corrected chi connectivity index (χ4v) is 0.581. The molecule has 0 bridgehead atoms. The SMILES string of the molecule is C[C@H](CC=O)C(C)(C)NN. The van der Waals surface area contributed by atoms with Crippen LogP contribution in [0.2, 0.25) is 0 Å². The third kappa shape index (κ3) is 2.45. The molecule has 10 heavy (non-hydrogen) atoms. The average Bonchev–Trinajstić information content (AvgIpc) is 1.89. The summed E-state index contributed by atoms with van der Waals surface area (Å²) < 4.78 is 0. The molecule has 0 radical (unpaired) electrons. The minimum atomic E-state index is -0.152. The van der Waals surface area contributed by atoms with Gasteiger partial charge in [-0.3, -0.25) is 11.3 Å². The van der Waals surface area contributed by atoms with Gasteiger partial charge in [-0.05, 0) is 19.8 Å². The molecule has 0 aliphatic heterocycles. The molecule has 0 rings (SSSR count). The summed E-state index contributed by atoms with van der Waals surface area (Å²) in [5.74, 6) is 5.54. The van der Waals surface area contributed by atoms with Crippen LogP contribution in [0, 0.1) is 5.92 Å². The molecular weight excluding hydrogens is 128 g/mol. The maximum absolute atomic E-state index is 10.1. The minimum Gasteiger partial charge on any atom is -0.303 e. The lowest BCUT2D eigenvalue weighted by atomic mass is 9.88. The van der Waals surface area contributed by atoms with Crippen molar-refractivity contribution in [1.82, 2.24) is 5.43 Å². The first-order valence-corrected chi connectivity index (χ1v) is 3.46. The van der Waals surface area contributed by atoms with E-state index in [9.17, 15) is 4.79 Å². The molecule has 0 spiro atoms. The standard InChI is InChI=1S/C7H16N2O/c1-6(4-5-10)7(2,3)9-8/h5-6,9H,4,8H2,1-3H3/t6-/m1/s1. The Hall–Kier alpha value is -0.410. The van der Waals surface area contributed by atoms with Gasteiger partial charge < -0.3 is 4.79 Å². The molecule has 0 aromatic rings. The number of hydrazine groups is 1. The van der Waals surface area contributed by atoms with Crippen molar-refractivity contribution in [3.8, 4) is 0 Å². The summed E-state index contributed by atoms with van der Waals surface area (Å²) in [5.41, 5.74) is 2.52. The molecule has 0 saturated heterocycles. The summed E-state index contributed by atoms with van der Waals surface area (Å²) in [6, 6.07) is 0. The van der Waals surface area contributed by atoms with E-state index in [1.54, 1.807) is 0 Å². The molecular formula is C7H16N2O. The van der Waals surface area contributed by atoms with Crippen LogP contribution in [0.1, 0.15) is 27.2 Å². The van der Waals surface area contributed by atoms with Gasteiger partial charge in [-0.2, -0.15) is 0 Å². The third-order valence-corrected chi connectivity index (χ3v) is 2.05. The van der Waals surface area contributed by atoms with Crippen LogP contribution in [-0.4, -0.2) is 11.8 Å². The first-order chi connectivity index (χ1) is 4.54. The topological polar surface area (TPSA) is 55.1 Å². The number of rotatable bonds is 4. The number of carbonyl (C=O) groups is 1.